The SMILES string of the molecule is COC(=O)C1CC(=O)N(OCc2ccc3ccccc3c2)C12CCN(Cc1ccccc1OC)CC2. The number of benzene rings is 3. The third-order valence-electron chi connectivity index (χ3n) is 7.63. The van der Waals surface area contributed by atoms with Crippen molar-refractivity contribution in [1.82, 2.24) is 9.96 Å². The summed E-state index contributed by atoms with van der Waals surface area (Å²) in [6.45, 7) is 2.47. The molecule has 0 bridgehead atoms. The molecule has 0 aliphatic carbocycles. The maximum Gasteiger partial charge on any atom is 0.311 e. The van der Waals surface area contributed by atoms with Crippen LogP contribution >= 0.6 is 0 Å². The topological polar surface area (TPSA) is 68.3 Å². The van der Waals surface area contributed by atoms with Gasteiger partial charge in [0.1, 0.15) is 12.4 Å². The zero-order chi connectivity index (χ0) is 25.1. The number of carbonyl (C=O) groups is 2. The number of amides is 1. The summed E-state index contributed by atoms with van der Waals surface area (Å²) in [5.74, 6) is -0.190. The first-order chi connectivity index (χ1) is 17.5. The lowest BCUT2D eigenvalue weighted by Gasteiger charge is -2.45. The summed E-state index contributed by atoms with van der Waals surface area (Å²) in [5, 5.41) is 3.78. The van der Waals surface area contributed by atoms with Gasteiger partial charge in [-0.25, -0.2) is 5.06 Å². The molecule has 3 aromatic rings. The smallest absolute Gasteiger partial charge is 0.311 e. The molecule has 0 saturated carbocycles. The molecule has 1 unspecified atom stereocenters. The highest BCUT2D eigenvalue weighted by Gasteiger charge is 2.58. The number of rotatable bonds is 7. The predicted octanol–water partition coefficient (Wildman–Crippen LogP) is 4.34. The molecule has 2 aliphatic heterocycles. The average Bonchev–Trinajstić information content (AvgIpc) is 3.19. The van der Waals surface area contributed by atoms with Crippen LogP contribution in [0.15, 0.2) is 66.7 Å². The monoisotopic (exact) mass is 488 g/mol. The third-order valence-corrected chi connectivity index (χ3v) is 7.63. The Kier molecular flexibility index (Phi) is 6.94. The molecule has 188 valence electrons. The summed E-state index contributed by atoms with van der Waals surface area (Å²) < 4.78 is 10.6. The van der Waals surface area contributed by atoms with E-state index >= 15 is 0 Å². The number of methoxy groups -OCH3 is 2. The number of hydrogen-bond acceptors (Lipinski definition) is 6. The van der Waals surface area contributed by atoms with Crippen molar-refractivity contribution < 1.29 is 23.9 Å². The highest BCUT2D eigenvalue weighted by Crippen LogP contribution is 2.45. The lowest BCUT2D eigenvalue weighted by Crippen LogP contribution is -2.57. The van der Waals surface area contributed by atoms with Crippen LogP contribution in [0.2, 0.25) is 0 Å². The van der Waals surface area contributed by atoms with Crippen LogP contribution in [0.5, 0.6) is 5.75 Å². The normalized spacial score (nSPS) is 19.7. The average molecular weight is 489 g/mol. The van der Waals surface area contributed by atoms with Gasteiger partial charge in [-0.2, -0.15) is 0 Å². The Labute approximate surface area is 211 Å². The summed E-state index contributed by atoms with van der Waals surface area (Å²) in [5.41, 5.74) is 1.39. The molecule has 1 amide bonds. The van der Waals surface area contributed by atoms with Crippen molar-refractivity contribution >= 4 is 22.6 Å². The number of hydroxylamine groups is 2. The molecule has 2 fully saturated rings. The van der Waals surface area contributed by atoms with E-state index in [0.29, 0.717) is 12.8 Å². The van der Waals surface area contributed by atoms with Crippen molar-refractivity contribution in [2.75, 3.05) is 27.3 Å². The van der Waals surface area contributed by atoms with Crippen LogP contribution in [-0.2, 0) is 32.3 Å². The number of likely N-dealkylation sites (tertiary alicyclic amines) is 1. The highest BCUT2D eigenvalue weighted by molar-refractivity contribution is 5.88. The van der Waals surface area contributed by atoms with Crippen molar-refractivity contribution in [2.45, 2.75) is 38.0 Å². The largest absolute Gasteiger partial charge is 0.496 e. The van der Waals surface area contributed by atoms with E-state index in [9.17, 15) is 9.59 Å². The van der Waals surface area contributed by atoms with E-state index in [4.69, 9.17) is 14.3 Å². The fraction of sp³-hybridized carbons (Fsp3) is 0.379. The molecule has 36 heavy (non-hydrogen) atoms. The van der Waals surface area contributed by atoms with Gasteiger partial charge >= 0.3 is 5.97 Å². The van der Waals surface area contributed by atoms with E-state index in [0.717, 1.165) is 47.3 Å². The molecule has 1 spiro atoms. The second-order valence-corrected chi connectivity index (χ2v) is 9.61. The first-order valence-corrected chi connectivity index (χ1v) is 12.4. The van der Waals surface area contributed by atoms with Gasteiger partial charge in [0.15, 0.2) is 0 Å². The lowest BCUT2D eigenvalue weighted by molar-refractivity contribution is -0.229. The number of para-hydroxylation sites is 1. The number of hydrogen-bond donors (Lipinski definition) is 0. The van der Waals surface area contributed by atoms with E-state index in [1.165, 1.54) is 12.2 Å². The van der Waals surface area contributed by atoms with E-state index in [1.807, 2.05) is 36.4 Å². The zero-order valence-electron chi connectivity index (χ0n) is 20.8. The number of ether oxygens (including phenoxy) is 2. The number of carbonyl (C=O) groups excluding carboxylic acids is 2. The predicted molar refractivity (Wildman–Crippen MR) is 136 cm³/mol. The number of fused-ring (bicyclic) bond motifs is 1. The summed E-state index contributed by atoms with van der Waals surface area (Å²) in [4.78, 5) is 34.4. The third kappa shape index (κ3) is 4.56. The first kappa shape index (κ1) is 24.3. The Balaban J connectivity index is 1.33. The van der Waals surface area contributed by atoms with Crippen molar-refractivity contribution in [2.24, 2.45) is 5.92 Å². The summed E-state index contributed by atoms with van der Waals surface area (Å²) in [7, 11) is 3.07. The van der Waals surface area contributed by atoms with E-state index < -0.39 is 11.5 Å². The molecule has 2 saturated heterocycles. The molecule has 2 heterocycles. The molecule has 0 aromatic heterocycles. The molecular weight excluding hydrogens is 456 g/mol. The minimum Gasteiger partial charge on any atom is -0.496 e. The van der Waals surface area contributed by atoms with Gasteiger partial charge in [0.2, 0.25) is 5.91 Å². The standard InChI is InChI=1S/C29H32N2O5/c1-34-26-10-6-5-9-24(26)19-30-15-13-29(14-16-30)25(28(33)35-2)18-27(32)31(29)36-20-21-11-12-22-7-3-4-8-23(22)17-21/h3-12,17,25H,13-16,18-20H2,1-2H3. The minimum absolute atomic E-state index is 0.108. The second-order valence-electron chi connectivity index (χ2n) is 9.61. The fourth-order valence-corrected chi connectivity index (χ4v) is 5.67. The van der Waals surface area contributed by atoms with Crippen molar-refractivity contribution in [3.8, 4) is 5.75 Å². The van der Waals surface area contributed by atoms with Gasteiger partial charge in [0.05, 0.1) is 25.7 Å². The van der Waals surface area contributed by atoms with Crippen molar-refractivity contribution in [3.05, 3.63) is 77.9 Å². The van der Waals surface area contributed by atoms with Crippen LogP contribution in [-0.4, -0.2) is 54.7 Å². The van der Waals surface area contributed by atoms with Crippen LogP contribution in [0.4, 0.5) is 0 Å². The van der Waals surface area contributed by atoms with Gasteiger partial charge in [-0.05, 0) is 41.3 Å². The maximum atomic E-state index is 13.1. The molecule has 0 N–H and O–H groups in total. The molecule has 3 aromatic carbocycles. The maximum absolute atomic E-state index is 13.1. The quantitative estimate of drug-likeness (QED) is 0.461. The zero-order valence-corrected chi connectivity index (χ0v) is 20.8. The van der Waals surface area contributed by atoms with Crippen LogP contribution in [0, 0.1) is 5.92 Å². The molecule has 7 nitrogen and oxygen atoms in total. The summed E-state index contributed by atoms with van der Waals surface area (Å²) in [6.07, 6.45) is 1.37. The molecule has 2 aliphatic rings. The molecule has 0 radical (unpaired) electrons. The molecule has 5 rings (SSSR count). The van der Waals surface area contributed by atoms with Crippen LogP contribution in [0.25, 0.3) is 10.8 Å². The Morgan fingerprint density at radius 1 is 0.972 bits per heavy atom. The summed E-state index contributed by atoms with van der Waals surface area (Å²) >= 11 is 0. The first-order valence-electron chi connectivity index (χ1n) is 12.4. The Morgan fingerprint density at radius 2 is 1.69 bits per heavy atom. The number of piperidine rings is 1. The van der Waals surface area contributed by atoms with Gasteiger partial charge in [-0.1, -0.05) is 54.6 Å². The molecule has 1 atom stereocenters. The lowest BCUT2D eigenvalue weighted by atomic mass is 9.77. The number of nitrogens with zero attached hydrogens (tertiary/aromatic N) is 2. The van der Waals surface area contributed by atoms with Gasteiger partial charge in [-0.3, -0.25) is 19.3 Å². The molecule has 7 heteroatoms. The fourth-order valence-electron chi connectivity index (χ4n) is 5.67. The van der Waals surface area contributed by atoms with Gasteiger partial charge in [0, 0.05) is 31.6 Å². The van der Waals surface area contributed by atoms with Crippen molar-refractivity contribution in [3.63, 3.8) is 0 Å². The van der Waals surface area contributed by atoms with E-state index in [1.54, 1.807) is 7.11 Å². The Hall–Kier alpha value is -3.42. The highest BCUT2D eigenvalue weighted by atomic mass is 16.7. The minimum atomic E-state index is -0.710. The summed E-state index contributed by atoms with van der Waals surface area (Å²) in [6, 6.07) is 22.3. The number of esters is 1. The van der Waals surface area contributed by atoms with Gasteiger partial charge < -0.3 is 9.47 Å². The van der Waals surface area contributed by atoms with E-state index in [-0.39, 0.29) is 24.9 Å². The second kappa shape index (κ2) is 10.3. The van der Waals surface area contributed by atoms with E-state index in [2.05, 4.69) is 35.2 Å². The van der Waals surface area contributed by atoms with Crippen LogP contribution < -0.4 is 4.74 Å². The van der Waals surface area contributed by atoms with Crippen LogP contribution in [0.3, 0.4) is 0 Å². The van der Waals surface area contributed by atoms with Crippen molar-refractivity contribution in [1.29, 1.82) is 0 Å². The Bertz CT molecular complexity index is 1250. The van der Waals surface area contributed by atoms with Gasteiger partial charge in [0.25, 0.3) is 0 Å². The molecular formula is C29H32N2O5. The van der Waals surface area contributed by atoms with Gasteiger partial charge in [-0.15, -0.1) is 0 Å². The van der Waals surface area contributed by atoms with Crippen LogP contribution in [0.1, 0.15) is 30.4 Å². The Morgan fingerprint density at radius 3 is 2.44 bits per heavy atom.